The first-order chi connectivity index (χ1) is 8.75. The summed E-state index contributed by atoms with van der Waals surface area (Å²) < 4.78 is 0. The molecule has 0 bridgehead atoms. The third kappa shape index (κ3) is 4.74. The minimum absolute atomic E-state index is 1.29. The number of rotatable bonds is 1. The van der Waals surface area contributed by atoms with Gasteiger partial charge in [0, 0.05) is 0 Å². The maximum atomic E-state index is 8.00. The van der Waals surface area contributed by atoms with Gasteiger partial charge in [0.15, 0.2) is 0 Å². The third-order valence-electron chi connectivity index (χ3n) is 2.44. The predicted molar refractivity (Wildman–Crippen MR) is 75.6 cm³/mol. The molecular formula is C16H18O2. The van der Waals surface area contributed by atoms with Crippen molar-refractivity contribution in [2.24, 2.45) is 0 Å². The number of hydrogen-bond acceptors (Lipinski definition) is 2. The van der Waals surface area contributed by atoms with Crippen LogP contribution in [0.5, 0.6) is 0 Å². The maximum Gasteiger partial charge on any atom is 0.106 e. The normalized spacial score (nSPS) is 8.33. The molecule has 0 aliphatic heterocycles. The average molecular weight is 242 g/mol. The van der Waals surface area contributed by atoms with Gasteiger partial charge >= 0.3 is 0 Å². The number of hydrogen-bond donors (Lipinski definition) is 0. The Morgan fingerprint density at radius 1 is 0.556 bits per heavy atom. The molecule has 0 aliphatic rings. The van der Waals surface area contributed by atoms with Gasteiger partial charge in [-0.15, -0.1) is 0 Å². The van der Waals surface area contributed by atoms with E-state index in [0.717, 1.165) is 0 Å². The molecule has 2 rings (SSSR count). The highest BCUT2D eigenvalue weighted by molar-refractivity contribution is 5.63. The van der Waals surface area contributed by atoms with E-state index < -0.39 is 0 Å². The summed E-state index contributed by atoms with van der Waals surface area (Å²) in [7, 11) is 0. The summed E-state index contributed by atoms with van der Waals surface area (Å²) in [6.07, 6.45) is 0. The molecule has 0 N–H and O–H groups in total. The van der Waals surface area contributed by atoms with Gasteiger partial charge in [-0.05, 0) is 25.0 Å². The Labute approximate surface area is 108 Å². The van der Waals surface area contributed by atoms with Gasteiger partial charge in [-0.2, -0.15) is 0 Å². The Balaban J connectivity index is 0.000000659. The molecule has 0 radical (unpaired) electrons. The second-order valence-electron chi connectivity index (χ2n) is 3.73. The zero-order chi connectivity index (χ0) is 14.0. The van der Waals surface area contributed by atoms with E-state index in [1.165, 1.54) is 22.3 Å². The highest BCUT2D eigenvalue weighted by Crippen LogP contribution is 2.19. The minimum Gasteiger partial charge on any atom is -0.307 e. The van der Waals surface area contributed by atoms with Gasteiger partial charge < -0.3 is 9.59 Å². The quantitative estimate of drug-likeness (QED) is 0.765. The largest absolute Gasteiger partial charge is 0.307 e. The Morgan fingerprint density at radius 3 is 1.00 bits per heavy atom. The molecule has 0 saturated carbocycles. The Bertz CT molecular complexity index is 398. The second kappa shape index (κ2) is 8.88. The van der Waals surface area contributed by atoms with Crippen LogP contribution in [0.25, 0.3) is 11.1 Å². The van der Waals surface area contributed by atoms with E-state index in [0.29, 0.717) is 0 Å². The average Bonchev–Trinajstić information content (AvgIpc) is 2.45. The first kappa shape index (κ1) is 15.8. The molecule has 0 unspecified atom stereocenters. The second-order valence-corrected chi connectivity index (χ2v) is 3.73. The molecule has 2 aromatic rings. The van der Waals surface area contributed by atoms with E-state index in [2.05, 4.69) is 62.4 Å². The zero-order valence-corrected chi connectivity index (χ0v) is 10.8. The van der Waals surface area contributed by atoms with Crippen molar-refractivity contribution in [1.82, 2.24) is 0 Å². The first-order valence-corrected chi connectivity index (χ1v) is 5.47. The molecule has 2 aromatic carbocycles. The van der Waals surface area contributed by atoms with Crippen molar-refractivity contribution in [2.45, 2.75) is 13.8 Å². The first-order valence-electron chi connectivity index (χ1n) is 5.47. The zero-order valence-electron chi connectivity index (χ0n) is 10.8. The van der Waals surface area contributed by atoms with E-state index in [4.69, 9.17) is 9.59 Å². The van der Waals surface area contributed by atoms with Crippen molar-refractivity contribution in [3.05, 3.63) is 59.7 Å². The van der Waals surface area contributed by atoms with Gasteiger partial charge in [0.05, 0.1) is 0 Å². The molecule has 0 atom stereocenters. The highest BCUT2D eigenvalue weighted by Gasteiger charge is 1.95. The van der Waals surface area contributed by atoms with Crippen LogP contribution in [0.1, 0.15) is 11.1 Å². The lowest BCUT2D eigenvalue weighted by atomic mass is 10.0. The van der Waals surface area contributed by atoms with Crippen molar-refractivity contribution in [3.8, 4) is 11.1 Å². The fourth-order valence-electron chi connectivity index (χ4n) is 1.49. The Hall–Kier alpha value is -2.22. The highest BCUT2D eigenvalue weighted by atomic mass is 16.1. The van der Waals surface area contributed by atoms with Gasteiger partial charge in [-0.25, -0.2) is 0 Å². The van der Waals surface area contributed by atoms with Gasteiger partial charge in [0.2, 0.25) is 0 Å². The summed E-state index contributed by atoms with van der Waals surface area (Å²) in [5, 5.41) is 0. The summed E-state index contributed by atoms with van der Waals surface area (Å²) in [4.78, 5) is 16.0. The monoisotopic (exact) mass is 242 g/mol. The van der Waals surface area contributed by atoms with Crippen molar-refractivity contribution < 1.29 is 9.59 Å². The topological polar surface area (TPSA) is 34.1 Å². The molecule has 0 saturated heterocycles. The van der Waals surface area contributed by atoms with Crippen molar-refractivity contribution in [3.63, 3.8) is 0 Å². The fraction of sp³-hybridized carbons (Fsp3) is 0.125. The molecule has 0 amide bonds. The molecule has 0 fully saturated rings. The van der Waals surface area contributed by atoms with Crippen LogP contribution in [-0.2, 0) is 9.59 Å². The fourth-order valence-corrected chi connectivity index (χ4v) is 1.49. The van der Waals surface area contributed by atoms with E-state index >= 15 is 0 Å². The number of carbonyl (C=O) groups excluding carboxylic acids is 2. The van der Waals surface area contributed by atoms with E-state index in [9.17, 15) is 0 Å². The molecule has 2 nitrogen and oxygen atoms in total. The number of benzene rings is 2. The summed E-state index contributed by atoms with van der Waals surface area (Å²) in [5.74, 6) is 0. The van der Waals surface area contributed by atoms with Crippen LogP contribution in [0.4, 0.5) is 0 Å². The predicted octanol–water partition coefficient (Wildman–Crippen LogP) is 3.60. The van der Waals surface area contributed by atoms with Crippen LogP contribution in [0.3, 0.4) is 0 Å². The lowest BCUT2D eigenvalue weighted by Gasteiger charge is -2.02. The number of aryl methyl sites for hydroxylation is 2. The van der Waals surface area contributed by atoms with Gasteiger partial charge in [-0.3, -0.25) is 0 Å². The summed E-state index contributed by atoms with van der Waals surface area (Å²) in [6.45, 7) is 8.22. The smallest absolute Gasteiger partial charge is 0.106 e. The van der Waals surface area contributed by atoms with Crippen LogP contribution >= 0.6 is 0 Å². The Morgan fingerprint density at radius 2 is 0.778 bits per heavy atom. The van der Waals surface area contributed by atoms with E-state index in [-0.39, 0.29) is 0 Å². The molecule has 0 aliphatic carbocycles. The minimum atomic E-state index is 1.29. The van der Waals surface area contributed by atoms with Crippen molar-refractivity contribution in [2.75, 3.05) is 0 Å². The maximum absolute atomic E-state index is 8.00. The van der Waals surface area contributed by atoms with Gasteiger partial charge in [0.1, 0.15) is 13.6 Å². The van der Waals surface area contributed by atoms with Gasteiger partial charge in [0.25, 0.3) is 0 Å². The molecule has 94 valence electrons. The van der Waals surface area contributed by atoms with E-state index in [1.807, 2.05) is 13.6 Å². The number of carbonyl (C=O) groups is 2. The van der Waals surface area contributed by atoms with Crippen LogP contribution in [0, 0.1) is 13.8 Å². The van der Waals surface area contributed by atoms with Gasteiger partial charge in [-0.1, -0.05) is 59.7 Å². The summed E-state index contributed by atoms with van der Waals surface area (Å²) >= 11 is 0. The summed E-state index contributed by atoms with van der Waals surface area (Å²) in [5.41, 5.74) is 5.19. The molecular weight excluding hydrogens is 224 g/mol. The van der Waals surface area contributed by atoms with Crippen molar-refractivity contribution in [1.29, 1.82) is 0 Å². The van der Waals surface area contributed by atoms with Crippen LogP contribution in [0.15, 0.2) is 48.5 Å². The summed E-state index contributed by atoms with van der Waals surface area (Å²) in [6, 6.07) is 17.3. The van der Waals surface area contributed by atoms with E-state index in [1.54, 1.807) is 0 Å². The lowest BCUT2D eigenvalue weighted by Crippen LogP contribution is -1.78. The molecule has 0 spiro atoms. The molecule has 18 heavy (non-hydrogen) atoms. The lowest BCUT2D eigenvalue weighted by molar-refractivity contribution is -0.0987. The Kier molecular flexibility index (Phi) is 7.78. The van der Waals surface area contributed by atoms with Crippen LogP contribution in [-0.4, -0.2) is 13.6 Å². The standard InChI is InChI=1S/C14H14.2CH2O/c1-11-3-7-13(8-4-11)14-9-5-12(2)6-10-14;2*1-2/h3-10H,1-2H3;2*1H2. The third-order valence-corrected chi connectivity index (χ3v) is 2.44. The van der Waals surface area contributed by atoms with Crippen molar-refractivity contribution >= 4 is 13.6 Å². The molecule has 0 aromatic heterocycles. The molecule has 2 heteroatoms. The van der Waals surface area contributed by atoms with Crippen LogP contribution in [0.2, 0.25) is 0 Å². The van der Waals surface area contributed by atoms with Crippen LogP contribution < -0.4 is 0 Å². The SMILES string of the molecule is C=O.C=O.Cc1ccc(-c2ccc(C)cc2)cc1. The molecule has 0 heterocycles.